The van der Waals surface area contributed by atoms with E-state index in [4.69, 9.17) is 0 Å². The lowest BCUT2D eigenvalue weighted by Crippen LogP contribution is -2.48. The summed E-state index contributed by atoms with van der Waals surface area (Å²) in [6.07, 6.45) is 3.66. The molecule has 2 heterocycles. The first-order valence-electron chi connectivity index (χ1n) is 10.1. The number of hydrogen-bond acceptors (Lipinski definition) is 7. The van der Waals surface area contributed by atoms with Crippen LogP contribution >= 0.6 is 11.3 Å². The maximum Gasteiger partial charge on any atom is 0.262 e. The summed E-state index contributed by atoms with van der Waals surface area (Å²) in [7, 11) is -3.41. The Labute approximate surface area is 184 Å². The third-order valence-corrected chi connectivity index (χ3v) is 7.63. The average Bonchev–Trinajstić information content (AvgIpc) is 3.20. The molecule has 3 amide bonds. The van der Waals surface area contributed by atoms with E-state index >= 15 is 0 Å². The predicted octanol–water partition coefficient (Wildman–Crippen LogP) is 2.31. The molecule has 1 N–H and O–H groups in total. The van der Waals surface area contributed by atoms with Gasteiger partial charge in [-0.15, -0.1) is 11.3 Å². The molecule has 0 saturated carbocycles. The fourth-order valence-electron chi connectivity index (χ4n) is 3.98. The Morgan fingerprint density at radius 1 is 1.26 bits per heavy atom. The molecule has 31 heavy (non-hydrogen) atoms. The van der Waals surface area contributed by atoms with E-state index in [1.807, 2.05) is 0 Å². The molecular weight excluding hydrogens is 438 g/mol. The molecule has 2 aliphatic rings. The van der Waals surface area contributed by atoms with Crippen LogP contribution in [0.1, 0.15) is 51.1 Å². The normalized spacial score (nSPS) is 19.2. The van der Waals surface area contributed by atoms with Crippen molar-refractivity contribution in [3.63, 3.8) is 0 Å². The molecule has 2 atom stereocenters. The average molecular weight is 462 g/mol. The topological polar surface area (TPSA) is 114 Å². The number of fused-ring (bicyclic) bond motifs is 2. The van der Waals surface area contributed by atoms with Crippen LogP contribution in [0.15, 0.2) is 24.3 Å². The van der Waals surface area contributed by atoms with Crippen molar-refractivity contribution in [3.05, 3.63) is 46.0 Å². The highest BCUT2D eigenvalue weighted by atomic mass is 32.2. The van der Waals surface area contributed by atoms with Gasteiger partial charge in [-0.3, -0.25) is 19.3 Å². The number of anilines is 1. The maximum atomic E-state index is 13.2. The van der Waals surface area contributed by atoms with Gasteiger partial charge in [-0.25, -0.2) is 13.4 Å². The summed E-state index contributed by atoms with van der Waals surface area (Å²) in [5.74, 6) is -1.58. The van der Waals surface area contributed by atoms with E-state index in [1.165, 1.54) is 23.5 Å². The number of rotatable bonds is 6. The van der Waals surface area contributed by atoms with Gasteiger partial charge in [0.15, 0.2) is 5.13 Å². The number of hydrogen-bond donors (Lipinski definition) is 1. The molecule has 0 saturated heterocycles. The monoisotopic (exact) mass is 461 g/mol. The van der Waals surface area contributed by atoms with Crippen molar-refractivity contribution >= 4 is 44.0 Å². The van der Waals surface area contributed by atoms with Gasteiger partial charge in [-0.1, -0.05) is 19.1 Å². The van der Waals surface area contributed by atoms with E-state index in [-0.39, 0.29) is 23.3 Å². The van der Waals surface area contributed by atoms with Gasteiger partial charge in [-0.05, 0) is 43.7 Å². The summed E-state index contributed by atoms with van der Waals surface area (Å²) < 4.78 is 23.5. The van der Waals surface area contributed by atoms with Crippen molar-refractivity contribution in [2.75, 3.05) is 17.3 Å². The number of amides is 3. The SMILES string of the molecule is C[C@@H]1CCc2nc(NC(=O)[C@H](CCS(C)(=O)=O)N3C(=O)c4ccccc4C3=O)sc2C1. The summed E-state index contributed by atoms with van der Waals surface area (Å²) in [5.41, 5.74) is 1.39. The number of nitrogens with one attached hydrogen (secondary N) is 1. The van der Waals surface area contributed by atoms with Gasteiger partial charge in [0.25, 0.3) is 11.8 Å². The summed E-state index contributed by atoms with van der Waals surface area (Å²) in [6, 6.07) is 5.08. The van der Waals surface area contributed by atoms with Crippen molar-refractivity contribution < 1.29 is 22.8 Å². The van der Waals surface area contributed by atoms with E-state index in [1.54, 1.807) is 12.1 Å². The molecule has 164 valence electrons. The number of carbonyl (C=O) groups excluding carboxylic acids is 3. The van der Waals surface area contributed by atoms with Gasteiger partial charge in [0.1, 0.15) is 15.9 Å². The first kappa shape index (κ1) is 21.6. The van der Waals surface area contributed by atoms with Crippen LogP contribution < -0.4 is 5.32 Å². The lowest BCUT2D eigenvalue weighted by atomic mass is 9.93. The van der Waals surface area contributed by atoms with E-state index in [0.717, 1.165) is 41.0 Å². The lowest BCUT2D eigenvalue weighted by molar-refractivity contribution is -0.120. The number of benzene rings is 1. The van der Waals surface area contributed by atoms with E-state index in [0.29, 0.717) is 11.0 Å². The quantitative estimate of drug-likeness (QED) is 0.661. The van der Waals surface area contributed by atoms with Gasteiger partial charge in [0, 0.05) is 11.1 Å². The number of thiazole rings is 1. The van der Waals surface area contributed by atoms with E-state index < -0.39 is 33.6 Å². The molecule has 1 aliphatic carbocycles. The fraction of sp³-hybridized carbons (Fsp3) is 0.429. The lowest BCUT2D eigenvalue weighted by Gasteiger charge is -2.24. The Morgan fingerprint density at radius 3 is 2.52 bits per heavy atom. The minimum absolute atomic E-state index is 0.182. The molecule has 0 fully saturated rings. The summed E-state index contributed by atoms with van der Waals surface area (Å²) >= 11 is 1.39. The number of carbonyl (C=O) groups is 3. The number of aromatic nitrogens is 1. The first-order chi connectivity index (χ1) is 14.6. The molecule has 0 spiro atoms. The predicted molar refractivity (Wildman–Crippen MR) is 117 cm³/mol. The van der Waals surface area contributed by atoms with Crippen LogP contribution in [0.5, 0.6) is 0 Å². The van der Waals surface area contributed by atoms with Gasteiger partial charge in [0.05, 0.1) is 22.6 Å². The van der Waals surface area contributed by atoms with Gasteiger partial charge in [0.2, 0.25) is 5.91 Å². The van der Waals surface area contributed by atoms with Crippen LogP contribution in [0, 0.1) is 5.92 Å². The number of aryl methyl sites for hydroxylation is 1. The van der Waals surface area contributed by atoms with Crippen molar-refractivity contribution in [1.82, 2.24) is 9.88 Å². The van der Waals surface area contributed by atoms with Crippen LogP contribution in [0.25, 0.3) is 0 Å². The molecule has 1 aliphatic heterocycles. The van der Waals surface area contributed by atoms with E-state index in [2.05, 4.69) is 17.2 Å². The minimum atomic E-state index is -3.41. The van der Waals surface area contributed by atoms with Crippen LogP contribution in [-0.4, -0.2) is 54.1 Å². The van der Waals surface area contributed by atoms with Gasteiger partial charge < -0.3 is 5.32 Å². The molecule has 1 aromatic heterocycles. The van der Waals surface area contributed by atoms with Crippen molar-refractivity contribution in [2.24, 2.45) is 5.92 Å². The summed E-state index contributed by atoms with van der Waals surface area (Å²) in [5, 5.41) is 3.13. The number of nitrogens with zero attached hydrogens (tertiary/aromatic N) is 2. The highest BCUT2D eigenvalue weighted by Crippen LogP contribution is 2.33. The minimum Gasteiger partial charge on any atom is -0.300 e. The Balaban J connectivity index is 1.60. The zero-order chi connectivity index (χ0) is 22.3. The Bertz CT molecular complexity index is 1140. The number of sulfone groups is 1. The molecule has 4 rings (SSSR count). The second-order valence-electron chi connectivity index (χ2n) is 8.19. The Kier molecular flexibility index (Phi) is 5.69. The van der Waals surface area contributed by atoms with Crippen LogP contribution in [0.2, 0.25) is 0 Å². The van der Waals surface area contributed by atoms with Crippen LogP contribution in [0.4, 0.5) is 5.13 Å². The highest BCUT2D eigenvalue weighted by Gasteiger charge is 2.43. The summed E-state index contributed by atoms with van der Waals surface area (Å²) in [4.78, 5) is 45.4. The fourth-order valence-corrected chi connectivity index (χ4v) is 5.80. The van der Waals surface area contributed by atoms with Gasteiger partial charge in [-0.2, -0.15) is 0 Å². The summed E-state index contributed by atoms with van der Waals surface area (Å²) in [6.45, 7) is 2.17. The zero-order valence-electron chi connectivity index (χ0n) is 17.3. The van der Waals surface area contributed by atoms with Gasteiger partial charge >= 0.3 is 0 Å². The largest absolute Gasteiger partial charge is 0.300 e. The van der Waals surface area contributed by atoms with Crippen molar-refractivity contribution in [3.8, 4) is 0 Å². The van der Waals surface area contributed by atoms with Crippen LogP contribution in [-0.2, 0) is 27.5 Å². The third-order valence-electron chi connectivity index (χ3n) is 5.62. The van der Waals surface area contributed by atoms with E-state index in [9.17, 15) is 22.8 Å². The molecule has 0 bridgehead atoms. The molecule has 10 heteroatoms. The first-order valence-corrected chi connectivity index (χ1v) is 13.0. The smallest absolute Gasteiger partial charge is 0.262 e. The van der Waals surface area contributed by atoms with Crippen molar-refractivity contribution in [1.29, 1.82) is 0 Å². The maximum absolute atomic E-state index is 13.2. The molecule has 8 nitrogen and oxygen atoms in total. The zero-order valence-corrected chi connectivity index (χ0v) is 18.9. The molecule has 0 radical (unpaired) electrons. The van der Waals surface area contributed by atoms with Crippen molar-refractivity contribution in [2.45, 2.75) is 38.6 Å². The molecular formula is C21H23N3O5S2. The molecule has 2 aromatic rings. The highest BCUT2D eigenvalue weighted by molar-refractivity contribution is 7.90. The molecule has 0 unspecified atom stereocenters. The number of imide groups is 1. The van der Waals surface area contributed by atoms with Crippen LogP contribution in [0.3, 0.4) is 0 Å². The standard InChI is InChI=1S/C21H23N3O5S2/c1-12-7-8-15-17(11-12)30-21(22-15)23-18(25)16(9-10-31(2,28)29)24-19(26)13-5-3-4-6-14(13)20(24)27/h3-6,12,16H,7-11H2,1-2H3,(H,22,23,25)/t12-,16+/m1/s1. The second kappa shape index (κ2) is 8.16. The third kappa shape index (κ3) is 4.40. The molecule has 1 aromatic carbocycles. The second-order valence-corrected chi connectivity index (χ2v) is 11.5. The Hall–Kier alpha value is -2.59. The Morgan fingerprint density at radius 2 is 1.90 bits per heavy atom.